The summed E-state index contributed by atoms with van der Waals surface area (Å²) in [5.41, 5.74) is 0.724. The molecule has 100 valence electrons. The SMILES string of the molecule is O=C(CCCl)Nc1nnc(-c2ccc(Cl)cc2Cl)s1. The number of carbonyl (C=O) groups is 1. The highest BCUT2D eigenvalue weighted by atomic mass is 35.5. The van der Waals surface area contributed by atoms with Gasteiger partial charge in [-0.15, -0.1) is 21.8 Å². The van der Waals surface area contributed by atoms with Crippen LogP contribution in [0, 0.1) is 0 Å². The fourth-order valence-electron chi connectivity index (χ4n) is 1.31. The lowest BCUT2D eigenvalue weighted by Crippen LogP contribution is -2.11. The second-order valence-corrected chi connectivity index (χ2v) is 5.72. The first kappa shape index (κ1) is 14.5. The van der Waals surface area contributed by atoms with Crippen LogP contribution in [0.25, 0.3) is 10.6 Å². The normalized spacial score (nSPS) is 10.5. The third kappa shape index (κ3) is 3.79. The molecule has 0 unspecified atom stereocenters. The van der Waals surface area contributed by atoms with Gasteiger partial charge in [0.25, 0.3) is 0 Å². The van der Waals surface area contributed by atoms with Crippen LogP contribution in [-0.4, -0.2) is 22.0 Å². The summed E-state index contributed by atoms with van der Waals surface area (Å²) in [4.78, 5) is 11.4. The van der Waals surface area contributed by atoms with E-state index in [0.717, 1.165) is 5.56 Å². The average molecular weight is 337 g/mol. The molecule has 19 heavy (non-hydrogen) atoms. The first-order valence-electron chi connectivity index (χ1n) is 5.25. The molecule has 0 fully saturated rings. The van der Waals surface area contributed by atoms with E-state index in [9.17, 15) is 4.79 Å². The minimum absolute atomic E-state index is 0.195. The minimum atomic E-state index is -0.195. The molecule has 4 nitrogen and oxygen atoms in total. The van der Waals surface area contributed by atoms with Gasteiger partial charge in [0.1, 0.15) is 0 Å². The molecule has 1 aromatic carbocycles. The smallest absolute Gasteiger partial charge is 0.227 e. The van der Waals surface area contributed by atoms with Crippen molar-refractivity contribution < 1.29 is 4.79 Å². The van der Waals surface area contributed by atoms with Crippen molar-refractivity contribution >= 4 is 57.2 Å². The quantitative estimate of drug-likeness (QED) is 0.856. The highest BCUT2D eigenvalue weighted by molar-refractivity contribution is 7.18. The average Bonchev–Trinajstić information content (AvgIpc) is 2.77. The van der Waals surface area contributed by atoms with Crippen LogP contribution in [0.4, 0.5) is 5.13 Å². The molecule has 2 aromatic rings. The molecule has 0 saturated carbocycles. The molecule has 1 heterocycles. The molecule has 1 aromatic heterocycles. The van der Waals surface area contributed by atoms with Crippen LogP contribution in [0.1, 0.15) is 6.42 Å². The Morgan fingerprint density at radius 2 is 2.11 bits per heavy atom. The molecular formula is C11H8Cl3N3OS. The zero-order chi connectivity index (χ0) is 13.8. The monoisotopic (exact) mass is 335 g/mol. The lowest BCUT2D eigenvalue weighted by atomic mass is 10.2. The summed E-state index contributed by atoms with van der Waals surface area (Å²) in [6.45, 7) is 0. The zero-order valence-corrected chi connectivity index (χ0v) is 12.6. The summed E-state index contributed by atoms with van der Waals surface area (Å²) in [5.74, 6) is 0.0699. The number of rotatable bonds is 4. The summed E-state index contributed by atoms with van der Waals surface area (Å²) >= 11 is 18.6. The van der Waals surface area contributed by atoms with E-state index in [2.05, 4.69) is 15.5 Å². The molecule has 0 aliphatic rings. The van der Waals surface area contributed by atoms with Crippen LogP contribution >= 0.6 is 46.1 Å². The van der Waals surface area contributed by atoms with Crippen molar-refractivity contribution in [2.45, 2.75) is 6.42 Å². The van der Waals surface area contributed by atoms with Gasteiger partial charge in [0, 0.05) is 22.9 Å². The highest BCUT2D eigenvalue weighted by Crippen LogP contribution is 2.33. The molecule has 0 radical (unpaired) electrons. The van der Waals surface area contributed by atoms with E-state index < -0.39 is 0 Å². The van der Waals surface area contributed by atoms with Crippen LogP contribution in [0.15, 0.2) is 18.2 Å². The number of amides is 1. The number of anilines is 1. The van der Waals surface area contributed by atoms with E-state index in [0.29, 0.717) is 20.2 Å². The van der Waals surface area contributed by atoms with Crippen molar-refractivity contribution in [2.75, 3.05) is 11.2 Å². The van der Waals surface area contributed by atoms with E-state index in [1.165, 1.54) is 11.3 Å². The number of alkyl halides is 1. The largest absolute Gasteiger partial charge is 0.300 e. The Bertz CT molecular complexity index is 603. The Hall–Kier alpha value is -0.880. The standard InChI is InChI=1S/C11H8Cl3N3OS/c12-4-3-9(18)15-11-17-16-10(19-11)7-2-1-6(13)5-8(7)14/h1-2,5H,3-4H2,(H,15,17,18). The van der Waals surface area contributed by atoms with E-state index in [-0.39, 0.29) is 18.2 Å². The number of hydrogen-bond donors (Lipinski definition) is 1. The predicted octanol–water partition coefficient (Wildman–Crippen LogP) is 4.08. The van der Waals surface area contributed by atoms with Gasteiger partial charge < -0.3 is 5.32 Å². The van der Waals surface area contributed by atoms with Crippen molar-refractivity contribution in [3.05, 3.63) is 28.2 Å². The molecule has 2 rings (SSSR count). The van der Waals surface area contributed by atoms with E-state index in [1.807, 2.05) is 0 Å². The third-order valence-electron chi connectivity index (χ3n) is 2.15. The summed E-state index contributed by atoms with van der Waals surface area (Å²) < 4.78 is 0. The number of nitrogens with zero attached hydrogens (tertiary/aromatic N) is 2. The fourth-order valence-corrected chi connectivity index (χ4v) is 2.84. The van der Waals surface area contributed by atoms with Crippen molar-refractivity contribution in [3.8, 4) is 10.6 Å². The number of aromatic nitrogens is 2. The number of nitrogens with one attached hydrogen (secondary N) is 1. The van der Waals surface area contributed by atoms with Gasteiger partial charge in [0.05, 0.1) is 5.02 Å². The first-order valence-corrected chi connectivity index (χ1v) is 7.35. The van der Waals surface area contributed by atoms with Gasteiger partial charge in [0.15, 0.2) is 5.01 Å². The molecule has 8 heteroatoms. The second-order valence-electron chi connectivity index (χ2n) is 3.52. The molecular weight excluding hydrogens is 329 g/mol. The predicted molar refractivity (Wildman–Crippen MR) is 79.3 cm³/mol. The molecule has 0 aliphatic heterocycles. The van der Waals surface area contributed by atoms with Gasteiger partial charge in [-0.2, -0.15) is 0 Å². The van der Waals surface area contributed by atoms with Crippen molar-refractivity contribution in [2.24, 2.45) is 0 Å². The Balaban J connectivity index is 2.18. The lowest BCUT2D eigenvalue weighted by molar-refractivity contribution is -0.115. The van der Waals surface area contributed by atoms with Crippen molar-refractivity contribution in [1.29, 1.82) is 0 Å². The van der Waals surface area contributed by atoms with E-state index in [4.69, 9.17) is 34.8 Å². The number of benzene rings is 1. The van der Waals surface area contributed by atoms with Crippen LogP contribution in [-0.2, 0) is 4.79 Å². The van der Waals surface area contributed by atoms with Gasteiger partial charge in [0.2, 0.25) is 11.0 Å². The Morgan fingerprint density at radius 1 is 1.32 bits per heavy atom. The Morgan fingerprint density at radius 3 is 2.79 bits per heavy atom. The molecule has 0 spiro atoms. The van der Waals surface area contributed by atoms with Crippen LogP contribution in [0.2, 0.25) is 10.0 Å². The van der Waals surface area contributed by atoms with Gasteiger partial charge in [-0.25, -0.2) is 0 Å². The van der Waals surface area contributed by atoms with Crippen molar-refractivity contribution in [1.82, 2.24) is 10.2 Å². The minimum Gasteiger partial charge on any atom is -0.300 e. The van der Waals surface area contributed by atoms with Crippen LogP contribution in [0.5, 0.6) is 0 Å². The maximum atomic E-state index is 11.4. The summed E-state index contributed by atoms with van der Waals surface area (Å²) in [5, 5.41) is 12.5. The lowest BCUT2D eigenvalue weighted by Gasteiger charge is -1.99. The van der Waals surface area contributed by atoms with Gasteiger partial charge in [-0.1, -0.05) is 34.5 Å². The number of hydrogen-bond acceptors (Lipinski definition) is 4. The molecule has 0 bridgehead atoms. The van der Waals surface area contributed by atoms with Gasteiger partial charge >= 0.3 is 0 Å². The highest BCUT2D eigenvalue weighted by Gasteiger charge is 2.12. The second kappa shape index (κ2) is 6.52. The van der Waals surface area contributed by atoms with E-state index >= 15 is 0 Å². The maximum absolute atomic E-state index is 11.4. The molecule has 0 saturated heterocycles. The fraction of sp³-hybridized carbons (Fsp3) is 0.182. The molecule has 0 atom stereocenters. The van der Waals surface area contributed by atoms with Crippen LogP contribution < -0.4 is 5.32 Å². The van der Waals surface area contributed by atoms with Gasteiger partial charge in [-0.3, -0.25) is 4.79 Å². The summed E-state index contributed by atoms with van der Waals surface area (Å²) in [6, 6.07) is 5.11. The first-order chi connectivity index (χ1) is 9.10. The summed E-state index contributed by atoms with van der Waals surface area (Å²) in [6.07, 6.45) is 0.234. The Labute approximate surface area is 128 Å². The third-order valence-corrected chi connectivity index (χ3v) is 3.76. The van der Waals surface area contributed by atoms with Crippen LogP contribution in [0.3, 0.4) is 0 Å². The number of carbonyl (C=O) groups excluding carboxylic acids is 1. The maximum Gasteiger partial charge on any atom is 0.227 e. The number of halogens is 3. The van der Waals surface area contributed by atoms with E-state index in [1.54, 1.807) is 18.2 Å². The molecule has 1 N–H and O–H groups in total. The van der Waals surface area contributed by atoms with Crippen molar-refractivity contribution in [3.63, 3.8) is 0 Å². The molecule has 1 amide bonds. The zero-order valence-electron chi connectivity index (χ0n) is 9.49. The topological polar surface area (TPSA) is 54.9 Å². The Kier molecular flexibility index (Phi) is 4.99. The molecule has 0 aliphatic carbocycles. The summed E-state index contributed by atoms with van der Waals surface area (Å²) in [7, 11) is 0. The van der Waals surface area contributed by atoms with Gasteiger partial charge in [-0.05, 0) is 18.2 Å².